The zero-order valence-electron chi connectivity index (χ0n) is 15.0. The van der Waals surface area contributed by atoms with Crippen molar-refractivity contribution < 1.29 is 57.0 Å². The zero-order valence-corrected chi connectivity index (χ0v) is 15.8. The van der Waals surface area contributed by atoms with Crippen LogP contribution in [0.1, 0.15) is 22.3 Å². The second-order valence-corrected chi connectivity index (χ2v) is 7.63. The molecule has 0 fully saturated rings. The third kappa shape index (κ3) is 5.67. The van der Waals surface area contributed by atoms with Crippen LogP contribution in [-0.4, -0.2) is 13.3 Å². The summed E-state index contributed by atoms with van der Waals surface area (Å²) >= 11 is 0. The van der Waals surface area contributed by atoms with Gasteiger partial charge in [0.05, 0.1) is 38.7 Å². The maximum atomic E-state index is 13.1. The van der Waals surface area contributed by atoms with Crippen LogP contribution in [0, 0.1) is 10.1 Å². The minimum absolute atomic E-state index is 0.214. The van der Waals surface area contributed by atoms with Crippen molar-refractivity contribution in [1.82, 2.24) is 0 Å². The Balaban J connectivity index is 2.56. The monoisotopic (exact) mass is 497 g/mol. The molecular weight excluding hydrogens is 489 g/mol. The Labute approximate surface area is 172 Å². The lowest BCUT2D eigenvalue weighted by molar-refractivity contribution is -0.386. The van der Waals surface area contributed by atoms with Crippen molar-refractivity contribution in [3.05, 3.63) is 68.8 Å². The fourth-order valence-corrected chi connectivity index (χ4v) is 3.39. The number of nitrogens with zero attached hydrogens (tertiary/aromatic N) is 1. The third-order valence-corrected chi connectivity index (χ3v) is 5.10. The van der Waals surface area contributed by atoms with Gasteiger partial charge in [-0.1, -0.05) is 6.07 Å². The Hall–Kier alpha value is -2.88. The number of rotatable bonds is 5. The number of alkyl halides is 9. The lowest BCUT2D eigenvalue weighted by atomic mass is 10.1. The molecule has 16 heteroatoms. The summed E-state index contributed by atoms with van der Waals surface area (Å²) in [4.78, 5) is 8.03. The van der Waals surface area contributed by atoms with Gasteiger partial charge in [0.2, 0.25) is 0 Å². The second-order valence-electron chi connectivity index (χ2n) is 6.02. The normalized spacial score (nSPS) is 13.3. The maximum absolute atomic E-state index is 13.1. The first-order valence-corrected chi connectivity index (χ1v) is 9.27. The van der Waals surface area contributed by atoms with Crippen LogP contribution < -0.4 is 0 Å². The first-order valence-electron chi connectivity index (χ1n) is 7.86. The molecule has 0 saturated carbocycles. The first-order chi connectivity index (χ1) is 14.3. The number of nitro benzene ring substituents is 1. The van der Waals surface area contributed by atoms with Crippen molar-refractivity contribution in [1.29, 1.82) is 0 Å². The van der Waals surface area contributed by atoms with E-state index in [1.807, 2.05) is 0 Å². The Kier molecular flexibility index (Phi) is 6.53. The van der Waals surface area contributed by atoms with Crippen molar-refractivity contribution in [3.8, 4) is 0 Å². The third-order valence-electron chi connectivity index (χ3n) is 3.86. The van der Waals surface area contributed by atoms with E-state index in [0.29, 0.717) is 18.2 Å². The molecule has 0 aliphatic heterocycles. The SMILES string of the molecule is O=[N+]([O-])c1cccc(C(F)(F)F)c1COS(=O)(=O)c1cc(C(F)(F)F)cc(C(F)(F)F)c1. The molecule has 2 aromatic rings. The molecule has 0 saturated heterocycles. The topological polar surface area (TPSA) is 86.5 Å². The van der Waals surface area contributed by atoms with Crippen LogP contribution in [0.3, 0.4) is 0 Å². The van der Waals surface area contributed by atoms with Crippen LogP contribution >= 0.6 is 0 Å². The molecule has 176 valence electrons. The number of nitro groups is 1. The van der Waals surface area contributed by atoms with E-state index in [2.05, 4.69) is 4.18 Å². The second kappa shape index (κ2) is 8.23. The highest BCUT2D eigenvalue weighted by Crippen LogP contribution is 2.39. The summed E-state index contributed by atoms with van der Waals surface area (Å²) < 4.78 is 145. The van der Waals surface area contributed by atoms with Gasteiger partial charge in [0, 0.05) is 6.07 Å². The van der Waals surface area contributed by atoms with E-state index in [1.54, 1.807) is 0 Å². The minimum Gasteiger partial charge on any atom is -0.261 e. The summed E-state index contributed by atoms with van der Waals surface area (Å²) in [6.45, 7) is -1.69. The molecule has 0 heterocycles. The molecule has 0 aliphatic rings. The summed E-state index contributed by atoms with van der Waals surface area (Å²) in [7, 11) is -5.52. The lowest BCUT2D eigenvalue weighted by Crippen LogP contribution is -2.16. The quantitative estimate of drug-likeness (QED) is 0.234. The van der Waals surface area contributed by atoms with E-state index in [1.165, 1.54) is 0 Å². The fourth-order valence-electron chi connectivity index (χ4n) is 2.44. The van der Waals surface area contributed by atoms with Crippen LogP contribution in [0.4, 0.5) is 45.2 Å². The Morgan fingerprint density at radius 2 is 1.34 bits per heavy atom. The maximum Gasteiger partial charge on any atom is 0.417 e. The van der Waals surface area contributed by atoms with Gasteiger partial charge >= 0.3 is 18.5 Å². The number of hydrogen-bond donors (Lipinski definition) is 0. The molecule has 0 radical (unpaired) electrons. The Morgan fingerprint density at radius 1 is 0.844 bits per heavy atom. The van der Waals surface area contributed by atoms with E-state index < -0.39 is 73.0 Å². The summed E-state index contributed by atoms with van der Waals surface area (Å²) in [5.41, 5.74) is -8.24. The molecule has 2 aromatic carbocycles. The van der Waals surface area contributed by atoms with Crippen molar-refractivity contribution in [2.45, 2.75) is 30.0 Å². The molecule has 0 unspecified atom stereocenters. The molecule has 0 bridgehead atoms. The molecule has 0 spiro atoms. The molecule has 0 atom stereocenters. The number of benzene rings is 2. The average Bonchev–Trinajstić information content (AvgIpc) is 2.63. The van der Waals surface area contributed by atoms with Gasteiger partial charge in [-0.05, 0) is 24.3 Å². The van der Waals surface area contributed by atoms with Gasteiger partial charge in [-0.25, -0.2) is 0 Å². The van der Waals surface area contributed by atoms with Crippen molar-refractivity contribution >= 4 is 15.8 Å². The largest absolute Gasteiger partial charge is 0.417 e. The van der Waals surface area contributed by atoms with Crippen LogP contribution in [0.2, 0.25) is 0 Å². The van der Waals surface area contributed by atoms with Crippen molar-refractivity contribution in [3.63, 3.8) is 0 Å². The van der Waals surface area contributed by atoms with Gasteiger partial charge in [0.1, 0.15) is 0 Å². The molecule has 0 N–H and O–H groups in total. The Morgan fingerprint density at radius 3 is 1.75 bits per heavy atom. The average molecular weight is 497 g/mol. The van der Waals surface area contributed by atoms with E-state index in [0.717, 1.165) is 0 Å². The highest BCUT2D eigenvalue weighted by atomic mass is 32.2. The molecule has 0 aliphatic carbocycles. The molecular formula is C16H8F9NO5S. The molecule has 0 amide bonds. The van der Waals surface area contributed by atoms with Gasteiger partial charge in [-0.15, -0.1) is 0 Å². The van der Waals surface area contributed by atoms with Crippen LogP contribution in [0.15, 0.2) is 41.3 Å². The molecule has 32 heavy (non-hydrogen) atoms. The summed E-state index contributed by atoms with van der Waals surface area (Å²) in [6, 6.07) is 0.768. The van der Waals surface area contributed by atoms with Gasteiger partial charge in [-0.3, -0.25) is 14.3 Å². The molecule has 0 aromatic heterocycles. The van der Waals surface area contributed by atoms with Crippen molar-refractivity contribution in [2.24, 2.45) is 0 Å². The summed E-state index contributed by atoms with van der Waals surface area (Å²) in [6.07, 6.45) is -16.0. The van der Waals surface area contributed by atoms with Crippen molar-refractivity contribution in [2.75, 3.05) is 0 Å². The number of hydrogen-bond acceptors (Lipinski definition) is 5. The van der Waals surface area contributed by atoms with Gasteiger partial charge in [0.15, 0.2) is 0 Å². The van der Waals surface area contributed by atoms with Crippen LogP contribution in [0.25, 0.3) is 0 Å². The van der Waals surface area contributed by atoms with Gasteiger partial charge in [0.25, 0.3) is 15.8 Å². The zero-order chi connectivity index (χ0) is 24.7. The van der Waals surface area contributed by atoms with Gasteiger partial charge < -0.3 is 0 Å². The first kappa shape index (κ1) is 25.4. The molecule has 6 nitrogen and oxygen atoms in total. The van der Waals surface area contributed by atoms with E-state index >= 15 is 0 Å². The van der Waals surface area contributed by atoms with Crippen LogP contribution in [-0.2, 0) is 39.4 Å². The number of halogens is 9. The minimum atomic E-state index is -5.52. The predicted octanol–water partition coefficient (Wildman–Crippen LogP) is 5.56. The summed E-state index contributed by atoms with van der Waals surface area (Å²) in [5.74, 6) is 0. The lowest BCUT2D eigenvalue weighted by Gasteiger charge is -2.15. The fraction of sp³-hybridized carbons (Fsp3) is 0.250. The van der Waals surface area contributed by atoms with E-state index in [4.69, 9.17) is 0 Å². The highest BCUT2D eigenvalue weighted by Gasteiger charge is 2.40. The predicted molar refractivity (Wildman–Crippen MR) is 86.5 cm³/mol. The van der Waals surface area contributed by atoms with Gasteiger partial charge in [-0.2, -0.15) is 47.9 Å². The summed E-state index contributed by atoms with van der Waals surface area (Å²) in [5, 5.41) is 11.0. The highest BCUT2D eigenvalue weighted by molar-refractivity contribution is 7.86. The van der Waals surface area contributed by atoms with Crippen LogP contribution in [0.5, 0.6) is 0 Å². The smallest absolute Gasteiger partial charge is 0.261 e. The van der Waals surface area contributed by atoms with E-state index in [-0.39, 0.29) is 18.2 Å². The Bertz CT molecular complexity index is 1110. The standard InChI is InChI=1S/C16H8F9NO5S/c17-14(18,19)8-4-9(15(20,21)22)6-10(5-8)32(29,30)31-7-11-12(16(23,24)25)2-1-3-13(11)26(27)28/h1-6H,7H2. The molecule has 2 rings (SSSR count). The van der Waals surface area contributed by atoms with E-state index in [9.17, 15) is 58.0 Å².